The maximum absolute atomic E-state index is 11.6. The lowest BCUT2D eigenvalue weighted by Gasteiger charge is -2.36. The molecule has 1 heterocycles. The SMILES string of the molecule is CCCCOC(=O)N1CCN(C)C(C)C1. The van der Waals surface area contributed by atoms with Crippen molar-refractivity contribution in [3.05, 3.63) is 0 Å². The number of ether oxygens (including phenoxy) is 1. The van der Waals surface area contributed by atoms with Crippen LogP contribution in [0.2, 0.25) is 0 Å². The number of carbonyl (C=O) groups is 1. The third kappa shape index (κ3) is 3.70. The van der Waals surface area contributed by atoms with Crippen molar-refractivity contribution in [3.8, 4) is 0 Å². The van der Waals surface area contributed by atoms with E-state index in [1.54, 1.807) is 4.90 Å². The molecule has 0 spiro atoms. The summed E-state index contributed by atoms with van der Waals surface area (Å²) in [4.78, 5) is 15.7. The van der Waals surface area contributed by atoms with E-state index in [1.165, 1.54) is 0 Å². The first-order valence-electron chi connectivity index (χ1n) is 5.77. The van der Waals surface area contributed by atoms with Gasteiger partial charge in [0.25, 0.3) is 0 Å². The molecule has 4 nitrogen and oxygen atoms in total. The Hall–Kier alpha value is -0.770. The largest absolute Gasteiger partial charge is 0.449 e. The van der Waals surface area contributed by atoms with E-state index in [-0.39, 0.29) is 6.09 Å². The fourth-order valence-corrected chi connectivity index (χ4v) is 1.61. The van der Waals surface area contributed by atoms with Crippen molar-refractivity contribution >= 4 is 6.09 Å². The molecule has 4 heteroatoms. The van der Waals surface area contributed by atoms with Gasteiger partial charge in [-0.15, -0.1) is 0 Å². The number of likely N-dealkylation sites (N-methyl/N-ethyl adjacent to an activating group) is 1. The first kappa shape index (κ1) is 12.3. The molecule has 1 saturated heterocycles. The lowest BCUT2D eigenvalue weighted by atomic mass is 10.2. The molecule has 1 amide bonds. The van der Waals surface area contributed by atoms with Crippen molar-refractivity contribution < 1.29 is 9.53 Å². The average molecular weight is 214 g/mol. The van der Waals surface area contributed by atoms with E-state index in [9.17, 15) is 4.79 Å². The van der Waals surface area contributed by atoms with Gasteiger partial charge in [-0.2, -0.15) is 0 Å². The minimum absolute atomic E-state index is 0.150. The van der Waals surface area contributed by atoms with Crippen LogP contribution in [0, 0.1) is 0 Å². The van der Waals surface area contributed by atoms with E-state index in [0.717, 1.165) is 32.5 Å². The highest BCUT2D eigenvalue weighted by atomic mass is 16.6. The van der Waals surface area contributed by atoms with Gasteiger partial charge in [-0.25, -0.2) is 4.79 Å². The van der Waals surface area contributed by atoms with Gasteiger partial charge in [0.15, 0.2) is 0 Å². The number of hydrogen-bond acceptors (Lipinski definition) is 3. The number of piperazine rings is 1. The summed E-state index contributed by atoms with van der Waals surface area (Å²) in [6.45, 7) is 7.27. The Morgan fingerprint density at radius 3 is 2.80 bits per heavy atom. The molecule has 0 aliphatic carbocycles. The molecule has 88 valence electrons. The third-order valence-corrected chi connectivity index (χ3v) is 2.94. The Morgan fingerprint density at radius 2 is 2.20 bits per heavy atom. The summed E-state index contributed by atoms with van der Waals surface area (Å²) < 4.78 is 5.17. The normalized spacial score (nSPS) is 22.9. The molecule has 15 heavy (non-hydrogen) atoms. The predicted octanol–water partition coefficient (Wildman–Crippen LogP) is 1.56. The number of unbranched alkanes of at least 4 members (excludes halogenated alkanes) is 1. The van der Waals surface area contributed by atoms with E-state index >= 15 is 0 Å². The molecule has 0 aromatic heterocycles. The minimum atomic E-state index is -0.150. The molecule has 0 radical (unpaired) electrons. The summed E-state index contributed by atoms with van der Waals surface area (Å²) >= 11 is 0. The molecule has 0 N–H and O–H groups in total. The number of nitrogens with zero attached hydrogens (tertiary/aromatic N) is 2. The van der Waals surface area contributed by atoms with Crippen molar-refractivity contribution in [2.24, 2.45) is 0 Å². The predicted molar refractivity (Wildman–Crippen MR) is 59.9 cm³/mol. The summed E-state index contributed by atoms with van der Waals surface area (Å²) in [7, 11) is 2.09. The minimum Gasteiger partial charge on any atom is -0.449 e. The van der Waals surface area contributed by atoms with Crippen LogP contribution < -0.4 is 0 Å². The van der Waals surface area contributed by atoms with Crippen LogP contribution in [0.3, 0.4) is 0 Å². The smallest absolute Gasteiger partial charge is 0.409 e. The zero-order valence-corrected chi connectivity index (χ0v) is 10.0. The quantitative estimate of drug-likeness (QED) is 0.668. The Morgan fingerprint density at radius 1 is 1.47 bits per heavy atom. The molecular weight excluding hydrogens is 192 g/mol. The Bertz CT molecular complexity index is 209. The van der Waals surface area contributed by atoms with Gasteiger partial charge in [-0.3, -0.25) is 0 Å². The number of hydrogen-bond donors (Lipinski definition) is 0. The molecule has 0 aromatic carbocycles. The van der Waals surface area contributed by atoms with Crippen molar-refractivity contribution in [2.75, 3.05) is 33.3 Å². The molecular formula is C11H22N2O2. The van der Waals surface area contributed by atoms with Gasteiger partial charge >= 0.3 is 6.09 Å². The van der Waals surface area contributed by atoms with E-state index in [1.807, 2.05) is 0 Å². The van der Waals surface area contributed by atoms with Gasteiger partial charge in [-0.1, -0.05) is 13.3 Å². The maximum Gasteiger partial charge on any atom is 0.409 e. The van der Waals surface area contributed by atoms with Gasteiger partial charge < -0.3 is 14.5 Å². The van der Waals surface area contributed by atoms with Gasteiger partial charge in [0, 0.05) is 25.7 Å². The fraction of sp³-hybridized carbons (Fsp3) is 0.909. The maximum atomic E-state index is 11.6. The number of carbonyl (C=O) groups excluding carboxylic acids is 1. The lowest BCUT2D eigenvalue weighted by molar-refractivity contribution is 0.0640. The Balaban J connectivity index is 2.28. The van der Waals surface area contributed by atoms with E-state index in [4.69, 9.17) is 4.74 Å². The van der Waals surface area contributed by atoms with Crippen molar-refractivity contribution in [1.29, 1.82) is 0 Å². The van der Waals surface area contributed by atoms with Crippen LogP contribution in [0.1, 0.15) is 26.7 Å². The molecule has 1 atom stereocenters. The van der Waals surface area contributed by atoms with Crippen molar-refractivity contribution in [1.82, 2.24) is 9.80 Å². The lowest BCUT2D eigenvalue weighted by Crippen LogP contribution is -2.52. The van der Waals surface area contributed by atoms with Gasteiger partial charge in [-0.05, 0) is 20.4 Å². The summed E-state index contributed by atoms with van der Waals surface area (Å²) in [6, 6.07) is 0.428. The van der Waals surface area contributed by atoms with Crippen LogP contribution in [0.25, 0.3) is 0 Å². The van der Waals surface area contributed by atoms with Crippen LogP contribution in [0.15, 0.2) is 0 Å². The standard InChI is InChI=1S/C11H22N2O2/c1-4-5-8-15-11(14)13-7-6-12(3)10(2)9-13/h10H,4-9H2,1-3H3. The van der Waals surface area contributed by atoms with Crippen molar-refractivity contribution in [3.63, 3.8) is 0 Å². The average Bonchev–Trinajstić information content (AvgIpc) is 2.22. The monoisotopic (exact) mass is 214 g/mol. The van der Waals surface area contributed by atoms with Gasteiger partial charge in [0.1, 0.15) is 0 Å². The van der Waals surface area contributed by atoms with Gasteiger partial charge in [0.2, 0.25) is 0 Å². The molecule has 1 aliphatic heterocycles. The summed E-state index contributed by atoms with van der Waals surface area (Å²) in [5.41, 5.74) is 0. The highest BCUT2D eigenvalue weighted by Gasteiger charge is 2.24. The zero-order chi connectivity index (χ0) is 11.3. The molecule has 1 rings (SSSR count). The number of rotatable bonds is 3. The molecule has 0 saturated carbocycles. The van der Waals surface area contributed by atoms with E-state index < -0.39 is 0 Å². The highest BCUT2D eigenvalue weighted by Crippen LogP contribution is 2.08. The summed E-state index contributed by atoms with van der Waals surface area (Å²) in [6.07, 6.45) is 1.87. The third-order valence-electron chi connectivity index (χ3n) is 2.94. The molecule has 1 fully saturated rings. The van der Waals surface area contributed by atoms with Crippen LogP contribution in [-0.4, -0.2) is 55.2 Å². The Kier molecular flexibility index (Phi) is 4.88. The van der Waals surface area contributed by atoms with E-state index in [0.29, 0.717) is 12.6 Å². The van der Waals surface area contributed by atoms with Crippen LogP contribution in [-0.2, 0) is 4.74 Å². The van der Waals surface area contributed by atoms with E-state index in [2.05, 4.69) is 25.8 Å². The summed E-state index contributed by atoms with van der Waals surface area (Å²) in [5.74, 6) is 0. The molecule has 1 unspecified atom stereocenters. The van der Waals surface area contributed by atoms with Crippen LogP contribution >= 0.6 is 0 Å². The summed E-state index contributed by atoms with van der Waals surface area (Å²) in [5, 5.41) is 0. The van der Waals surface area contributed by atoms with Gasteiger partial charge in [0.05, 0.1) is 6.61 Å². The number of amides is 1. The fourth-order valence-electron chi connectivity index (χ4n) is 1.61. The molecule has 0 bridgehead atoms. The first-order chi connectivity index (χ1) is 7.15. The van der Waals surface area contributed by atoms with Crippen molar-refractivity contribution in [2.45, 2.75) is 32.7 Å². The zero-order valence-electron chi connectivity index (χ0n) is 10.0. The second-order valence-corrected chi connectivity index (χ2v) is 4.24. The topological polar surface area (TPSA) is 32.8 Å². The van der Waals surface area contributed by atoms with Crippen LogP contribution in [0.4, 0.5) is 4.79 Å². The van der Waals surface area contributed by atoms with Crippen LogP contribution in [0.5, 0.6) is 0 Å². The second kappa shape index (κ2) is 5.95. The second-order valence-electron chi connectivity index (χ2n) is 4.24. The highest BCUT2D eigenvalue weighted by molar-refractivity contribution is 5.67. The molecule has 1 aliphatic rings. The first-order valence-corrected chi connectivity index (χ1v) is 5.77. The Labute approximate surface area is 92.2 Å². The molecule has 0 aromatic rings.